The summed E-state index contributed by atoms with van der Waals surface area (Å²) >= 11 is 5.81. The fourth-order valence-corrected chi connectivity index (χ4v) is 2.68. The van der Waals surface area contributed by atoms with Crippen molar-refractivity contribution in [2.75, 3.05) is 32.8 Å². The lowest BCUT2D eigenvalue weighted by Crippen LogP contribution is -2.39. The van der Waals surface area contributed by atoms with E-state index in [1.54, 1.807) is 29.2 Å². The van der Waals surface area contributed by atoms with Gasteiger partial charge in [0.05, 0.1) is 0 Å². The molecule has 0 radical (unpaired) electrons. The number of hydrogen-bond donors (Lipinski definition) is 0. The minimum atomic E-state index is -0.0512. The van der Waals surface area contributed by atoms with Crippen LogP contribution in [0.5, 0.6) is 5.75 Å². The summed E-state index contributed by atoms with van der Waals surface area (Å²) < 4.78 is 5.50. The minimum Gasteiger partial charge on any atom is -0.484 e. The maximum absolute atomic E-state index is 12.3. The maximum atomic E-state index is 12.3. The van der Waals surface area contributed by atoms with Crippen molar-refractivity contribution in [3.8, 4) is 5.75 Å². The fraction of sp³-hybridized carbons (Fsp3) is 0.529. The molecule has 2 rings (SSSR count). The monoisotopic (exact) mass is 338 g/mol. The van der Waals surface area contributed by atoms with Crippen LogP contribution in [0, 0.1) is 0 Å². The van der Waals surface area contributed by atoms with Crippen LogP contribution in [-0.4, -0.2) is 54.4 Å². The van der Waals surface area contributed by atoms with Crippen molar-refractivity contribution >= 4 is 23.4 Å². The highest BCUT2D eigenvalue weighted by Crippen LogP contribution is 2.15. The molecule has 5 nitrogen and oxygen atoms in total. The lowest BCUT2D eigenvalue weighted by molar-refractivity contribution is -0.134. The zero-order valence-corrected chi connectivity index (χ0v) is 14.2. The molecular formula is C17H23ClN2O3. The van der Waals surface area contributed by atoms with E-state index in [0.29, 0.717) is 36.8 Å². The SMILES string of the molecule is CCCC(=O)N1CCCN(C(=O)COc2ccc(Cl)cc2)CC1. The molecule has 0 bridgehead atoms. The van der Waals surface area contributed by atoms with Gasteiger partial charge in [-0.05, 0) is 37.1 Å². The van der Waals surface area contributed by atoms with Gasteiger partial charge in [0.1, 0.15) is 5.75 Å². The van der Waals surface area contributed by atoms with Gasteiger partial charge in [-0.3, -0.25) is 9.59 Å². The number of amides is 2. The van der Waals surface area contributed by atoms with Gasteiger partial charge >= 0.3 is 0 Å². The second-order valence-corrected chi connectivity index (χ2v) is 6.04. The summed E-state index contributed by atoms with van der Waals surface area (Å²) in [5.74, 6) is 0.751. The third-order valence-corrected chi connectivity index (χ3v) is 4.09. The van der Waals surface area contributed by atoms with Gasteiger partial charge in [-0.2, -0.15) is 0 Å². The summed E-state index contributed by atoms with van der Waals surface area (Å²) in [4.78, 5) is 27.8. The molecular weight excluding hydrogens is 316 g/mol. The maximum Gasteiger partial charge on any atom is 0.260 e. The number of rotatable bonds is 5. The van der Waals surface area contributed by atoms with Gasteiger partial charge in [0.2, 0.25) is 5.91 Å². The Kier molecular flexibility index (Phi) is 6.71. The molecule has 0 unspecified atom stereocenters. The number of hydrogen-bond acceptors (Lipinski definition) is 3. The summed E-state index contributed by atoms with van der Waals surface area (Å²) in [5.41, 5.74) is 0. The van der Waals surface area contributed by atoms with E-state index in [9.17, 15) is 9.59 Å². The van der Waals surface area contributed by atoms with Crippen molar-refractivity contribution in [2.24, 2.45) is 0 Å². The number of nitrogens with zero attached hydrogens (tertiary/aromatic N) is 2. The highest BCUT2D eigenvalue weighted by molar-refractivity contribution is 6.30. The molecule has 0 aliphatic carbocycles. The fourth-order valence-electron chi connectivity index (χ4n) is 2.56. The molecule has 23 heavy (non-hydrogen) atoms. The van der Waals surface area contributed by atoms with Crippen LogP contribution in [0.15, 0.2) is 24.3 Å². The van der Waals surface area contributed by atoms with Crippen LogP contribution in [-0.2, 0) is 9.59 Å². The van der Waals surface area contributed by atoms with Gasteiger partial charge in [-0.15, -0.1) is 0 Å². The quantitative estimate of drug-likeness (QED) is 0.829. The molecule has 0 N–H and O–H groups in total. The molecule has 1 saturated heterocycles. The lowest BCUT2D eigenvalue weighted by Gasteiger charge is -2.22. The van der Waals surface area contributed by atoms with E-state index < -0.39 is 0 Å². The molecule has 1 aromatic carbocycles. The Morgan fingerprint density at radius 3 is 2.26 bits per heavy atom. The standard InChI is InChI=1S/C17H23ClN2O3/c1-2-4-16(21)19-9-3-10-20(12-11-19)17(22)13-23-15-7-5-14(18)6-8-15/h5-8H,2-4,9-13H2,1H3. The molecule has 0 aromatic heterocycles. The van der Waals surface area contributed by atoms with Gasteiger partial charge in [-0.25, -0.2) is 0 Å². The molecule has 2 amide bonds. The van der Waals surface area contributed by atoms with Gasteiger partial charge in [0.15, 0.2) is 6.61 Å². The van der Waals surface area contributed by atoms with Crippen LogP contribution in [0.3, 0.4) is 0 Å². The summed E-state index contributed by atoms with van der Waals surface area (Å²) in [7, 11) is 0. The smallest absolute Gasteiger partial charge is 0.260 e. The average Bonchev–Trinajstić information content (AvgIpc) is 2.80. The molecule has 1 fully saturated rings. The van der Waals surface area contributed by atoms with Crippen LogP contribution < -0.4 is 4.74 Å². The van der Waals surface area contributed by atoms with E-state index >= 15 is 0 Å². The Bertz CT molecular complexity index is 533. The second kappa shape index (κ2) is 8.77. The third-order valence-electron chi connectivity index (χ3n) is 3.84. The highest BCUT2D eigenvalue weighted by Gasteiger charge is 2.21. The predicted octanol–water partition coefficient (Wildman–Crippen LogP) is 2.58. The number of benzene rings is 1. The lowest BCUT2D eigenvalue weighted by atomic mass is 10.3. The van der Waals surface area contributed by atoms with Crippen molar-refractivity contribution in [1.82, 2.24) is 9.80 Å². The molecule has 6 heteroatoms. The molecule has 1 heterocycles. The molecule has 0 saturated carbocycles. The molecule has 1 aromatic rings. The summed E-state index contributed by atoms with van der Waals surface area (Å²) in [5, 5.41) is 0.632. The van der Waals surface area contributed by atoms with Crippen LogP contribution in [0.2, 0.25) is 5.02 Å². The van der Waals surface area contributed by atoms with Gasteiger partial charge in [0, 0.05) is 37.6 Å². The number of halogens is 1. The number of carbonyl (C=O) groups is 2. The second-order valence-electron chi connectivity index (χ2n) is 5.61. The highest BCUT2D eigenvalue weighted by atomic mass is 35.5. The zero-order chi connectivity index (χ0) is 16.7. The molecule has 126 valence electrons. The molecule has 1 aliphatic rings. The van der Waals surface area contributed by atoms with E-state index in [1.807, 2.05) is 11.8 Å². The summed E-state index contributed by atoms with van der Waals surface area (Å²) in [6.45, 7) is 4.56. The normalized spacial score (nSPS) is 15.2. The Balaban J connectivity index is 1.81. The van der Waals surface area contributed by atoms with Crippen LogP contribution in [0.4, 0.5) is 0 Å². The Morgan fingerprint density at radius 2 is 1.65 bits per heavy atom. The Hall–Kier alpha value is -1.75. The molecule has 0 spiro atoms. The molecule has 0 atom stereocenters. The van der Waals surface area contributed by atoms with E-state index in [2.05, 4.69) is 0 Å². The average molecular weight is 339 g/mol. The molecule has 1 aliphatic heterocycles. The topological polar surface area (TPSA) is 49.9 Å². The largest absolute Gasteiger partial charge is 0.484 e. The predicted molar refractivity (Wildman–Crippen MR) is 89.6 cm³/mol. The third kappa shape index (κ3) is 5.43. The van der Waals surface area contributed by atoms with E-state index in [-0.39, 0.29) is 18.4 Å². The van der Waals surface area contributed by atoms with Gasteiger partial charge in [0.25, 0.3) is 5.91 Å². The number of carbonyl (C=O) groups excluding carboxylic acids is 2. The minimum absolute atomic E-state index is 0.00450. The van der Waals surface area contributed by atoms with Crippen molar-refractivity contribution in [2.45, 2.75) is 26.2 Å². The van der Waals surface area contributed by atoms with Crippen LogP contribution in [0.25, 0.3) is 0 Å². The van der Waals surface area contributed by atoms with E-state index in [4.69, 9.17) is 16.3 Å². The Labute approximate surface area is 142 Å². The van der Waals surface area contributed by atoms with Gasteiger partial charge in [-0.1, -0.05) is 18.5 Å². The van der Waals surface area contributed by atoms with Gasteiger partial charge < -0.3 is 14.5 Å². The van der Waals surface area contributed by atoms with Crippen LogP contribution in [0.1, 0.15) is 26.2 Å². The first-order valence-corrected chi connectivity index (χ1v) is 8.42. The van der Waals surface area contributed by atoms with Crippen molar-refractivity contribution in [3.63, 3.8) is 0 Å². The van der Waals surface area contributed by atoms with E-state index in [0.717, 1.165) is 19.4 Å². The van der Waals surface area contributed by atoms with Crippen molar-refractivity contribution < 1.29 is 14.3 Å². The van der Waals surface area contributed by atoms with Crippen molar-refractivity contribution in [1.29, 1.82) is 0 Å². The van der Waals surface area contributed by atoms with E-state index in [1.165, 1.54) is 0 Å². The zero-order valence-electron chi connectivity index (χ0n) is 13.5. The first-order chi connectivity index (χ1) is 11.1. The summed E-state index contributed by atoms with van der Waals surface area (Å²) in [6, 6.07) is 6.93. The number of ether oxygens (including phenoxy) is 1. The summed E-state index contributed by atoms with van der Waals surface area (Å²) in [6.07, 6.45) is 2.24. The van der Waals surface area contributed by atoms with Crippen LogP contribution >= 0.6 is 11.6 Å². The first kappa shape index (κ1) is 17.6. The first-order valence-electron chi connectivity index (χ1n) is 8.04. The Morgan fingerprint density at radius 1 is 1.04 bits per heavy atom. The van der Waals surface area contributed by atoms with Crippen molar-refractivity contribution in [3.05, 3.63) is 29.3 Å².